The van der Waals surface area contributed by atoms with Crippen LogP contribution in [0.4, 0.5) is 20.7 Å². The summed E-state index contributed by atoms with van der Waals surface area (Å²) in [5.41, 5.74) is 7.70. The highest BCUT2D eigenvalue weighted by molar-refractivity contribution is 6.05. The number of hydrogen-bond donors (Lipinski definition) is 2. The summed E-state index contributed by atoms with van der Waals surface area (Å²) in [5, 5.41) is 4.42. The first kappa shape index (κ1) is 23.5. The van der Waals surface area contributed by atoms with Crippen LogP contribution in [0.25, 0.3) is 21.9 Å². The lowest BCUT2D eigenvalue weighted by Crippen LogP contribution is -2.36. The molecule has 1 aliphatic rings. The summed E-state index contributed by atoms with van der Waals surface area (Å²) in [6.45, 7) is 7.97. The summed E-state index contributed by atoms with van der Waals surface area (Å²) >= 11 is 0. The molecular weight excluding hydrogens is 435 g/mol. The van der Waals surface area contributed by atoms with Crippen molar-refractivity contribution in [2.24, 2.45) is 5.92 Å². The number of ether oxygens (including phenoxy) is 1. The van der Waals surface area contributed by atoms with Gasteiger partial charge in [0.05, 0.1) is 5.92 Å². The molecule has 1 atom stereocenters. The monoisotopic (exact) mass is 464 g/mol. The molecule has 1 aromatic heterocycles. The lowest BCUT2D eigenvalue weighted by Gasteiger charge is -2.24. The number of benzene rings is 2. The lowest BCUT2D eigenvalue weighted by molar-refractivity contribution is -0.119. The summed E-state index contributed by atoms with van der Waals surface area (Å²) in [4.78, 5) is 31.3. The third kappa shape index (κ3) is 4.95. The Balaban J connectivity index is 1.63. The fraction of sp³-hybridized carbons (Fsp3) is 0.346. The number of halogens is 1. The third-order valence-electron chi connectivity index (χ3n) is 5.84. The van der Waals surface area contributed by atoms with Crippen molar-refractivity contribution in [3.8, 4) is 11.1 Å². The van der Waals surface area contributed by atoms with Crippen LogP contribution in [0.2, 0.25) is 0 Å². The van der Waals surface area contributed by atoms with Gasteiger partial charge in [0, 0.05) is 41.3 Å². The van der Waals surface area contributed by atoms with Crippen LogP contribution in [0.5, 0.6) is 0 Å². The summed E-state index contributed by atoms with van der Waals surface area (Å²) in [5.74, 6) is -0.635. The van der Waals surface area contributed by atoms with Gasteiger partial charge in [0.15, 0.2) is 0 Å². The average molecular weight is 465 g/mol. The Morgan fingerprint density at radius 3 is 2.71 bits per heavy atom. The third-order valence-corrected chi connectivity index (χ3v) is 5.84. The molecule has 0 bridgehead atoms. The highest BCUT2D eigenvalue weighted by Gasteiger charge is 2.33. The second kappa shape index (κ2) is 8.93. The van der Waals surface area contributed by atoms with Gasteiger partial charge in [-0.25, -0.2) is 14.2 Å². The number of fused-ring (bicyclic) bond motifs is 1. The molecule has 0 saturated carbocycles. The van der Waals surface area contributed by atoms with Crippen LogP contribution in [0.3, 0.4) is 0 Å². The number of carbonyl (C=O) groups excluding carboxylic acids is 2. The predicted octanol–water partition coefficient (Wildman–Crippen LogP) is 5.13. The van der Waals surface area contributed by atoms with Crippen LogP contribution in [0.15, 0.2) is 42.6 Å². The number of carbonyl (C=O) groups is 2. The van der Waals surface area contributed by atoms with Crippen LogP contribution in [-0.2, 0) is 9.53 Å². The number of nitrogen functional groups attached to an aromatic ring is 1. The molecule has 0 spiro atoms. The van der Waals surface area contributed by atoms with Gasteiger partial charge in [-0.1, -0.05) is 12.1 Å². The van der Waals surface area contributed by atoms with E-state index in [1.54, 1.807) is 50.1 Å². The van der Waals surface area contributed by atoms with E-state index in [0.29, 0.717) is 41.0 Å². The quantitative estimate of drug-likeness (QED) is 0.560. The average Bonchev–Trinajstić information content (AvgIpc) is 3.24. The number of rotatable bonds is 3. The maximum atomic E-state index is 14.7. The summed E-state index contributed by atoms with van der Waals surface area (Å²) in [6.07, 6.45) is 1.71. The number of likely N-dealkylation sites (tertiary alicyclic amines) is 1. The van der Waals surface area contributed by atoms with Crippen LogP contribution in [0.1, 0.15) is 32.8 Å². The molecule has 7 nitrogen and oxygen atoms in total. The number of pyridine rings is 1. The van der Waals surface area contributed by atoms with Gasteiger partial charge in [0.25, 0.3) is 0 Å². The SMILES string of the molecule is Cc1cccc(F)c1-c1cc(NC(=O)C2CCN(C(=O)OC(C)(C)C)C2)c2cc(N)ncc2c1. The number of amides is 2. The van der Waals surface area contributed by atoms with Gasteiger partial charge in [-0.3, -0.25) is 4.79 Å². The van der Waals surface area contributed by atoms with Crippen molar-refractivity contribution in [1.82, 2.24) is 9.88 Å². The Morgan fingerprint density at radius 1 is 1.24 bits per heavy atom. The van der Waals surface area contributed by atoms with E-state index >= 15 is 0 Å². The number of nitrogens with zero attached hydrogens (tertiary/aromatic N) is 2. The standard InChI is InChI=1S/C26H29FN4O3/c1-15-6-5-7-20(27)23(15)17-10-18-13-29-22(28)12-19(18)21(11-17)30-24(32)16-8-9-31(14-16)25(33)34-26(2,3)4/h5-7,10-13,16H,8-9,14H2,1-4H3,(H2,28,29)(H,30,32). The number of anilines is 2. The second-order valence-corrected chi connectivity index (χ2v) is 9.69. The van der Waals surface area contributed by atoms with E-state index in [2.05, 4.69) is 10.3 Å². The van der Waals surface area contributed by atoms with E-state index in [4.69, 9.17) is 10.5 Å². The molecule has 2 amide bonds. The molecule has 3 aromatic rings. The highest BCUT2D eigenvalue weighted by atomic mass is 19.1. The zero-order valence-electron chi connectivity index (χ0n) is 19.8. The van der Waals surface area contributed by atoms with Gasteiger partial charge < -0.3 is 20.7 Å². The molecular formula is C26H29FN4O3. The van der Waals surface area contributed by atoms with Gasteiger partial charge in [0.2, 0.25) is 5.91 Å². The Bertz CT molecular complexity index is 1250. The molecule has 1 unspecified atom stereocenters. The first-order valence-electron chi connectivity index (χ1n) is 11.3. The predicted molar refractivity (Wildman–Crippen MR) is 131 cm³/mol. The summed E-state index contributed by atoms with van der Waals surface area (Å²) < 4.78 is 20.1. The molecule has 8 heteroatoms. The molecule has 34 heavy (non-hydrogen) atoms. The molecule has 0 aliphatic carbocycles. The van der Waals surface area contributed by atoms with Crippen molar-refractivity contribution in [3.63, 3.8) is 0 Å². The van der Waals surface area contributed by atoms with Gasteiger partial charge in [-0.05, 0) is 69.5 Å². The number of nitrogens with two attached hydrogens (primary N) is 1. The van der Waals surface area contributed by atoms with E-state index in [1.807, 2.05) is 19.1 Å². The normalized spacial score (nSPS) is 16.0. The molecule has 1 fully saturated rings. The Morgan fingerprint density at radius 2 is 2.00 bits per heavy atom. The zero-order valence-corrected chi connectivity index (χ0v) is 19.8. The van der Waals surface area contributed by atoms with Crippen molar-refractivity contribution in [3.05, 3.63) is 54.0 Å². The van der Waals surface area contributed by atoms with E-state index < -0.39 is 11.7 Å². The molecule has 2 heterocycles. The lowest BCUT2D eigenvalue weighted by atomic mass is 9.96. The first-order valence-corrected chi connectivity index (χ1v) is 11.3. The fourth-order valence-corrected chi connectivity index (χ4v) is 4.22. The van der Waals surface area contributed by atoms with Crippen molar-refractivity contribution in [2.75, 3.05) is 24.1 Å². The first-order chi connectivity index (χ1) is 16.0. The number of aromatic nitrogens is 1. The molecule has 1 saturated heterocycles. The van der Waals surface area contributed by atoms with Gasteiger partial charge >= 0.3 is 6.09 Å². The van der Waals surface area contributed by atoms with Gasteiger partial charge in [-0.2, -0.15) is 0 Å². The molecule has 4 rings (SSSR count). The molecule has 2 aromatic carbocycles. The van der Waals surface area contributed by atoms with E-state index in [-0.39, 0.29) is 24.2 Å². The maximum Gasteiger partial charge on any atom is 0.410 e. The van der Waals surface area contributed by atoms with Crippen molar-refractivity contribution < 1.29 is 18.7 Å². The highest BCUT2D eigenvalue weighted by Crippen LogP contribution is 2.35. The van der Waals surface area contributed by atoms with E-state index in [0.717, 1.165) is 10.9 Å². The Labute approximate surface area is 198 Å². The molecule has 178 valence electrons. The van der Waals surface area contributed by atoms with Crippen LogP contribution < -0.4 is 11.1 Å². The smallest absolute Gasteiger partial charge is 0.410 e. The van der Waals surface area contributed by atoms with Gasteiger partial charge in [-0.15, -0.1) is 0 Å². The van der Waals surface area contributed by atoms with E-state index in [9.17, 15) is 14.0 Å². The van der Waals surface area contributed by atoms with Crippen LogP contribution in [0, 0.1) is 18.7 Å². The largest absolute Gasteiger partial charge is 0.444 e. The second-order valence-electron chi connectivity index (χ2n) is 9.69. The van der Waals surface area contributed by atoms with Crippen molar-refractivity contribution >= 4 is 34.3 Å². The number of aryl methyl sites for hydroxylation is 1. The van der Waals surface area contributed by atoms with E-state index in [1.165, 1.54) is 6.07 Å². The topological polar surface area (TPSA) is 97.5 Å². The summed E-state index contributed by atoms with van der Waals surface area (Å²) in [7, 11) is 0. The van der Waals surface area contributed by atoms with Crippen molar-refractivity contribution in [2.45, 2.75) is 39.7 Å². The Kier molecular flexibility index (Phi) is 6.17. The molecule has 3 N–H and O–H groups in total. The van der Waals surface area contributed by atoms with Crippen LogP contribution >= 0.6 is 0 Å². The maximum absolute atomic E-state index is 14.7. The minimum absolute atomic E-state index is 0.217. The number of nitrogens with one attached hydrogen (secondary N) is 1. The number of hydrogen-bond acceptors (Lipinski definition) is 5. The molecule has 1 aliphatic heterocycles. The van der Waals surface area contributed by atoms with Crippen LogP contribution in [-0.4, -0.2) is 40.6 Å². The molecule has 0 radical (unpaired) electrons. The minimum atomic E-state index is -0.602. The van der Waals surface area contributed by atoms with Crippen molar-refractivity contribution in [1.29, 1.82) is 0 Å². The fourth-order valence-electron chi connectivity index (χ4n) is 4.22. The summed E-state index contributed by atoms with van der Waals surface area (Å²) in [6, 6.07) is 10.2. The Hall–Kier alpha value is -3.68. The van der Waals surface area contributed by atoms with Gasteiger partial charge in [0.1, 0.15) is 17.2 Å². The zero-order chi connectivity index (χ0) is 24.6. The minimum Gasteiger partial charge on any atom is -0.444 e.